The van der Waals surface area contributed by atoms with Gasteiger partial charge in [0.05, 0.1) is 0 Å². The van der Waals surface area contributed by atoms with Crippen molar-refractivity contribution in [1.29, 1.82) is 0 Å². The van der Waals surface area contributed by atoms with E-state index in [0.29, 0.717) is 53.9 Å². The molecule has 0 fully saturated rings. The SMILES string of the molecule is O=C1CCCC2=C1C(c1ccc(OS(=O)(=O)c3ccc(F)cc3)cc1)C1=C(CCCC1=O)O2. The lowest BCUT2D eigenvalue weighted by Gasteiger charge is -2.36. The fourth-order valence-corrected chi connectivity index (χ4v) is 5.57. The Morgan fingerprint density at radius 1 is 0.788 bits per heavy atom. The predicted octanol–water partition coefficient (Wildman–Crippen LogP) is 4.72. The van der Waals surface area contributed by atoms with Crippen LogP contribution in [0.15, 0.2) is 76.1 Å². The number of halogens is 1. The van der Waals surface area contributed by atoms with Crippen LogP contribution < -0.4 is 4.18 Å². The first-order valence-electron chi connectivity index (χ1n) is 10.8. The minimum Gasteiger partial charge on any atom is -0.465 e. The Bertz CT molecular complexity index is 1260. The van der Waals surface area contributed by atoms with E-state index >= 15 is 0 Å². The van der Waals surface area contributed by atoms with Gasteiger partial charge in [0, 0.05) is 42.7 Å². The number of carbonyl (C=O) groups excluding carboxylic acids is 2. The van der Waals surface area contributed by atoms with Gasteiger partial charge in [0.1, 0.15) is 28.0 Å². The van der Waals surface area contributed by atoms with Gasteiger partial charge in [0.15, 0.2) is 11.6 Å². The second-order valence-corrected chi connectivity index (χ2v) is 9.87. The van der Waals surface area contributed by atoms with Crippen LogP contribution in [0.2, 0.25) is 0 Å². The number of ketones is 2. The van der Waals surface area contributed by atoms with E-state index in [1.165, 1.54) is 12.1 Å². The van der Waals surface area contributed by atoms with Crippen LogP contribution in [0, 0.1) is 5.82 Å². The molecule has 3 aliphatic rings. The van der Waals surface area contributed by atoms with Crippen LogP contribution in [0.25, 0.3) is 0 Å². The van der Waals surface area contributed by atoms with Gasteiger partial charge < -0.3 is 8.92 Å². The van der Waals surface area contributed by atoms with Crippen molar-refractivity contribution in [3.8, 4) is 5.75 Å². The Kier molecular flexibility index (Phi) is 5.40. The van der Waals surface area contributed by atoms with Crippen molar-refractivity contribution in [2.24, 2.45) is 0 Å². The summed E-state index contributed by atoms with van der Waals surface area (Å²) in [7, 11) is -4.14. The molecular formula is C25H21FO6S. The minimum atomic E-state index is -4.14. The molecule has 8 heteroatoms. The highest BCUT2D eigenvalue weighted by molar-refractivity contribution is 7.87. The highest BCUT2D eigenvalue weighted by Crippen LogP contribution is 2.47. The van der Waals surface area contributed by atoms with Crippen molar-refractivity contribution < 1.29 is 31.3 Å². The van der Waals surface area contributed by atoms with E-state index in [2.05, 4.69) is 0 Å². The van der Waals surface area contributed by atoms with Crippen LogP contribution in [0.5, 0.6) is 5.75 Å². The molecule has 0 saturated carbocycles. The smallest absolute Gasteiger partial charge is 0.339 e. The van der Waals surface area contributed by atoms with E-state index in [9.17, 15) is 22.4 Å². The van der Waals surface area contributed by atoms with Crippen molar-refractivity contribution >= 4 is 21.7 Å². The molecule has 0 unspecified atom stereocenters. The molecule has 2 aromatic carbocycles. The number of Topliss-reactive ketones (excluding diaryl/α,β-unsaturated/α-hetero) is 2. The third kappa shape index (κ3) is 3.99. The van der Waals surface area contributed by atoms with E-state index in [-0.39, 0.29) is 22.2 Å². The Hall–Kier alpha value is -3.26. The molecule has 0 spiro atoms. The molecule has 0 radical (unpaired) electrons. The van der Waals surface area contributed by atoms with Gasteiger partial charge in [-0.2, -0.15) is 8.42 Å². The molecule has 0 N–H and O–H groups in total. The molecule has 0 saturated heterocycles. The Balaban J connectivity index is 1.49. The first-order chi connectivity index (χ1) is 15.8. The highest BCUT2D eigenvalue weighted by atomic mass is 32.2. The third-order valence-electron chi connectivity index (χ3n) is 6.16. The second kappa shape index (κ2) is 8.26. The van der Waals surface area contributed by atoms with Crippen molar-refractivity contribution in [2.75, 3.05) is 0 Å². The lowest BCUT2D eigenvalue weighted by atomic mass is 9.73. The monoisotopic (exact) mass is 468 g/mol. The number of hydrogen-bond acceptors (Lipinski definition) is 6. The lowest BCUT2D eigenvalue weighted by Crippen LogP contribution is -2.30. The zero-order chi connectivity index (χ0) is 23.2. The first-order valence-corrected chi connectivity index (χ1v) is 12.2. The van der Waals surface area contributed by atoms with E-state index in [1.54, 1.807) is 12.1 Å². The van der Waals surface area contributed by atoms with Crippen molar-refractivity contribution in [1.82, 2.24) is 0 Å². The van der Waals surface area contributed by atoms with Crippen LogP contribution >= 0.6 is 0 Å². The largest absolute Gasteiger partial charge is 0.465 e. The molecule has 0 bridgehead atoms. The Morgan fingerprint density at radius 2 is 1.33 bits per heavy atom. The lowest BCUT2D eigenvalue weighted by molar-refractivity contribution is -0.117. The summed E-state index contributed by atoms with van der Waals surface area (Å²) in [6.45, 7) is 0. The summed E-state index contributed by atoms with van der Waals surface area (Å²) in [5.74, 6) is 0.242. The van der Waals surface area contributed by atoms with Crippen LogP contribution in [0.1, 0.15) is 50.0 Å². The summed E-state index contributed by atoms with van der Waals surface area (Å²) in [5, 5.41) is 0. The maximum Gasteiger partial charge on any atom is 0.339 e. The molecular weight excluding hydrogens is 447 g/mol. The maximum atomic E-state index is 13.1. The van der Waals surface area contributed by atoms with Gasteiger partial charge >= 0.3 is 10.1 Å². The minimum absolute atomic E-state index is 0.0228. The molecule has 6 nitrogen and oxygen atoms in total. The normalized spacial score (nSPS) is 19.2. The van der Waals surface area contributed by atoms with Gasteiger partial charge in [-0.05, 0) is 54.8 Å². The number of benzene rings is 2. The molecule has 1 heterocycles. The van der Waals surface area contributed by atoms with Crippen molar-refractivity contribution in [2.45, 2.75) is 49.3 Å². The molecule has 2 aliphatic carbocycles. The predicted molar refractivity (Wildman–Crippen MR) is 116 cm³/mol. The molecule has 33 heavy (non-hydrogen) atoms. The van der Waals surface area contributed by atoms with Crippen LogP contribution in [-0.4, -0.2) is 20.0 Å². The first kappa shape index (κ1) is 21.6. The third-order valence-corrected chi connectivity index (χ3v) is 7.42. The molecule has 5 rings (SSSR count). The van der Waals surface area contributed by atoms with Gasteiger partial charge in [0.2, 0.25) is 0 Å². The molecule has 0 atom stereocenters. The van der Waals surface area contributed by atoms with Gasteiger partial charge in [0.25, 0.3) is 0 Å². The Morgan fingerprint density at radius 3 is 1.88 bits per heavy atom. The fourth-order valence-electron chi connectivity index (χ4n) is 4.64. The summed E-state index contributed by atoms with van der Waals surface area (Å²) in [5.41, 5.74) is 1.76. The maximum absolute atomic E-state index is 13.1. The van der Waals surface area contributed by atoms with E-state index in [1.807, 2.05) is 0 Å². The molecule has 170 valence electrons. The zero-order valence-corrected chi connectivity index (χ0v) is 18.5. The van der Waals surface area contributed by atoms with Crippen molar-refractivity contribution in [3.63, 3.8) is 0 Å². The zero-order valence-electron chi connectivity index (χ0n) is 17.7. The van der Waals surface area contributed by atoms with Gasteiger partial charge in [-0.1, -0.05) is 12.1 Å². The van der Waals surface area contributed by atoms with Crippen LogP contribution in [-0.2, 0) is 24.4 Å². The van der Waals surface area contributed by atoms with E-state index in [0.717, 1.165) is 37.1 Å². The van der Waals surface area contributed by atoms with E-state index in [4.69, 9.17) is 8.92 Å². The number of hydrogen-bond donors (Lipinski definition) is 0. The van der Waals surface area contributed by atoms with Crippen LogP contribution in [0.3, 0.4) is 0 Å². The Labute approximate surface area is 190 Å². The quantitative estimate of drug-likeness (QED) is 0.604. The average molecular weight is 469 g/mol. The number of ether oxygens (including phenoxy) is 1. The summed E-state index contributed by atoms with van der Waals surface area (Å²) < 4.78 is 49.3. The fraction of sp³-hybridized carbons (Fsp3) is 0.280. The summed E-state index contributed by atoms with van der Waals surface area (Å²) in [6.07, 6.45) is 3.56. The van der Waals surface area contributed by atoms with Gasteiger partial charge in [-0.15, -0.1) is 0 Å². The average Bonchev–Trinajstić information content (AvgIpc) is 2.79. The number of rotatable bonds is 4. The highest BCUT2D eigenvalue weighted by Gasteiger charge is 2.41. The second-order valence-electron chi connectivity index (χ2n) is 8.32. The van der Waals surface area contributed by atoms with Gasteiger partial charge in [-0.3, -0.25) is 9.59 Å². The molecule has 2 aromatic rings. The summed E-state index contributed by atoms with van der Waals surface area (Å²) in [6, 6.07) is 10.7. The topological polar surface area (TPSA) is 86.7 Å². The van der Waals surface area contributed by atoms with Crippen molar-refractivity contribution in [3.05, 3.63) is 82.6 Å². The van der Waals surface area contributed by atoms with Crippen LogP contribution in [0.4, 0.5) is 4.39 Å². The standard InChI is InChI=1S/C25H21FO6S/c26-16-9-13-18(14-10-16)33(29,30)32-17-11-7-15(8-12-17)23-24-19(27)3-1-5-21(24)31-22-6-2-4-20(28)25(22)23/h7-14,23H,1-6H2. The molecule has 0 aromatic heterocycles. The molecule has 1 aliphatic heterocycles. The number of allylic oxidation sites excluding steroid dienone is 4. The van der Waals surface area contributed by atoms with Gasteiger partial charge in [-0.25, -0.2) is 4.39 Å². The summed E-state index contributed by atoms with van der Waals surface area (Å²) >= 11 is 0. The van der Waals surface area contributed by atoms with E-state index < -0.39 is 21.9 Å². The summed E-state index contributed by atoms with van der Waals surface area (Å²) in [4.78, 5) is 25.5. The number of carbonyl (C=O) groups is 2. The molecule has 0 amide bonds.